The Balaban J connectivity index is 0.917. The number of rotatable bonds is 10. The average Bonchev–Trinajstić information content (AvgIpc) is 4.15. The van der Waals surface area contributed by atoms with Crippen LogP contribution in [0, 0.1) is 0 Å². The van der Waals surface area contributed by atoms with E-state index in [2.05, 4.69) is 313 Å². The number of hydrogen-bond acceptors (Lipinski definition) is 2. The van der Waals surface area contributed by atoms with Crippen molar-refractivity contribution in [2.24, 2.45) is 0 Å². The van der Waals surface area contributed by atoms with Gasteiger partial charge in [0, 0.05) is 34.0 Å². The molecule has 1 spiro atoms. The smallest absolute Gasteiger partial charge is 0.0726 e. The van der Waals surface area contributed by atoms with E-state index in [0.717, 1.165) is 45.3 Å². The topological polar surface area (TPSA) is 6.48 Å². The van der Waals surface area contributed by atoms with Crippen molar-refractivity contribution < 1.29 is 0 Å². The zero-order valence-electron chi connectivity index (χ0n) is 41.3. The molecule has 0 atom stereocenters. The highest BCUT2D eigenvalue weighted by Crippen LogP contribution is 2.64. The molecule has 2 aliphatic carbocycles. The van der Waals surface area contributed by atoms with Crippen LogP contribution in [-0.4, -0.2) is 0 Å². The van der Waals surface area contributed by atoms with E-state index in [1.807, 2.05) is 0 Å². The van der Waals surface area contributed by atoms with Gasteiger partial charge in [-0.15, -0.1) is 0 Å². The maximum Gasteiger partial charge on any atom is 0.0726 e. The molecule has 12 aromatic carbocycles. The normalized spacial score (nSPS) is 12.4. The summed E-state index contributed by atoms with van der Waals surface area (Å²) in [7, 11) is 0. The molecule has 14 rings (SSSR count). The summed E-state index contributed by atoms with van der Waals surface area (Å²) in [6, 6.07) is 111. The van der Waals surface area contributed by atoms with Crippen LogP contribution in [0.5, 0.6) is 0 Å². The molecule has 0 radical (unpaired) electrons. The summed E-state index contributed by atoms with van der Waals surface area (Å²) in [4.78, 5) is 4.86. The number of nitrogens with zero attached hydrogens (tertiary/aromatic N) is 2. The van der Waals surface area contributed by atoms with Crippen LogP contribution >= 0.6 is 0 Å². The van der Waals surface area contributed by atoms with Gasteiger partial charge in [-0.1, -0.05) is 237 Å². The van der Waals surface area contributed by atoms with Crippen LogP contribution in [0.4, 0.5) is 34.1 Å². The van der Waals surface area contributed by atoms with Gasteiger partial charge in [-0.3, -0.25) is 0 Å². The Morgan fingerprint density at radius 2 is 0.520 bits per heavy atom. The van der Waals surface area contributed by atoms with Gasteiger partial charge < -0.3 is 9.80 Å². The minimum absolute atomic E-state index is 0.462. The van der Waals surface area contributed by atoms with Crippen molar-refractivity contribution in [3.63, 3.8) is 0 Å². The van der Waals surface area contributed by atoms with Gasteiger partial charge in [-0.2, -0.15) is 0 Å². The first kappa shape index (κ1) is 44.0. The molecule has 12 aromatic rings. The minimum atomic E-state index is -0.462. The largest absolute Gasteiger partial charge is 0.310 e. The lowest BCUT2D eigenvalue weighted by Crippen LogP contribution is -2.26. The fraction of sp³-hybridized carbons (Fsp3) is 0.0137. The lowest BCUT2D eigenvalue weighted by molar-refractivity contribution is 0.794. The van der Waals surface area contributed by atoms with E-state index >= 15 is 0 Å². The first-order valence-electron chi connectivity index (χ1n) is 25.9. The second kappa shape index (κ2) is 18.4. The Bertz CT molecular complexity index is 3900. The summed E-state index contributed by atoms with van der Waals surface area (Å²) in [5.74, 6) is 0. The third-order valence-corrected chi connectivity index (χ3v) is 15.5. The van der Waals surface area contributed by atoms with E-state index in [1.54, 1.807) is 0 Å². The SMILES string of the molecule is c1ccc(-c2ccc(N(c3ccc(-c4ccccc4)cc3)c3cccc(-c4cccc(N(c5ccc(-c6ccccc6)cc5)c5cccc6c5-c5ccccc5C65c6ccccc6-c6ccccc65)c4)c3)cc2)cc1. The molecule has 2 aliphatic rings. The average molecular weight is 955 g/mol. The molecule has 0 fully saturated rings. The Labute approximate surface area is 439 Å². The van der Waals surface area contributed by atoms with Crippen LogP contribution in [0.2, 0.25) is 0 Å². The van der Waals surface area contributed by atoms with E-state index in [1.165, 1.54) is 77.9 Å². The minimum Gasteiger partial charge on any atom is -0.310 e. The summed E-state index contributed by atoms with van der Waals surface area (Å²) in [6.07, 6.45) is 0. The molecule has 2 nitrogen and oxygen atoms in total. The second-order valence-electron chi connectivity index (χ2n) is 19.6. The van der Waals surface area contributed by atoms with Gasteiger partial charge in [0.15, 0.2) is 0 Å². The predicted octanol–water partition coefficient (Wildman–Crippen LogP) is 19.6. The molecule has 0 unspecified atom stereocenters. The van der Waals surface area contributed by atoms with Crippen LogP contribution in [0.15, 0.2) is 303 Å². The van der Waals surface area contributed by atoms with Crippen LogP contribution in [0.25, 0.3) is 66.8 Å². The Hall–Kier alpha value is -9.76. The number of anilines is 6. The second-order valence-corrected chi connectivity index (χ2v) is 19.6. The molecular weight excluding hydrogens is 905 g/mol. The van der Waals surface area contributed by atoms with Crippen LogP contribution in [0.1, 0.15) is 22.3 Å². The highest BCUT2D eigenvalue weighted by Gasteiger charge is 2.52. The van der Waals surface area contributed by atoms with Crippen molar-refractivity contribution in [2.45, 2.75) is 5.41 Å². The van der Waals surface area contributed by atoms with E-state index in [4.69, 9.17) is 0 Å². The Kier molecular flexibility index (Phi) is 10.8. The molecule has 0 N–H and O–H groups in total. The zero-order chi connectivity index (χ0) is 49.7. The van der Waals surface area contributed by atoms with Gasteiger partial charge >= 0.3 is 0 Å². The molecule has 75 heavy (non-hydrogen) atoms. The molecule has 0 amide bonds. The van der Waals surface area contributed by atoms with Crippen LogP contribution in [0.3, 0.4) is 0 Å². The maximum absolute atomic E-state index is 2.48. The van der Waals surface area contributed by atoms with Crippen LogP contribution < -0.4 is 9.80 Å². The van der Waals surface area contributed by atoms with E-state index < -0.39 is 5.41 Å². The van der Waals surface area contributed by atoms with Crippen molar-refractivity contribution in [1.82, 2.24) is 0 Å². The van der Waals surface area contributed by atoms with Gasteiger partial charge in [0.1, 0.15) is 0 Å². The lowest BCUT2D eigenvalue weighted by atomic mass is 9.70. The van der Waals surface area contributed by atoms with Crippen molar-refractivity contribution >= 4 is 34.1 Å². The molecular formula is C73H50N2. The molecule has 352 valence electrons. The van der Waals surface area contributed by atoms with E-state index in [-0.39, 0.29) is 0 Å². The van der Waals surface area contributed by atoms with Gasteiger partial charge in [-0.05, 0) is 150 Å². The van der Waals surface area contributed by atoms with Crippen molar-refractivity contribution in [3.05, 3.63) is 326 Å². The number of fused-ring (bicyclic) bond motifs is 10. The van der Waals surface area contributed by atoms with Crippen molar-refractivity contribution in [3.8, 4) is 66.8 Å². The monoisotopic (exact) mass is 954 g/mol. The zero-order valence-corrected chi connectivity index (χ0v) is 41.3. The standard InChI is InChI=1S/C73H50N2/c1-4-19-51(20-5-1)54-37-43-59(44-38-54)74(60-45-39-55(40-46-60)52-21-6-2-7-22-52)62-27-16-25-57(49-62)58-26-17-28-63(50-58)75(61-47-41-56(42-48-61)53-23-8-3-9-24-53)71-36-18-35-70-72(71)66-31-12-15-34-69(66)73(70)67-32-13-10-29-64(67)65-30-11-14-33-68(65)73/h1-50H. The van der Waals surface area contributed by atoms with Gasteiger partial charge in [0.05, 0.1) is 11.1 Å². The summed E-state index contributed by atoms with van der Waals surface area (Å²) < 4.78 is 0. The molecule has 0 aliphatic heterocycles. The third kappa shape index (κ3) is 7.41. The van der Waals surface area contributed by atoms with Gasteiger partial charge in [-0.25, -0.2) is 0 Å². The number of benzene rings is 12. The van der Waals surface area contributed by atoms with Crippen molar-refractivity contribution in [2.75, 3.05) is 9.80 Å². The first-order valence-corrected chi connectivity index (χ1v) is 25.9. The maximum atomic E-state index is 2.48. The highest BCUT2D eigenvalue weighted by atomic mass is 15.1. The molecule has 2 heteroatoms. The summed E-state index contributed by atoms with van der Waals surface area (Å²) in [6.45, 7) is 0. The predicted molar refractivity (Wildman–Crippen MR) is 314 cm³/mol. The Morgan fingerprint density at radius 3 is 0.973 bits per heavy atom. The highest BCUT2D eigenvalue weighted by molar-refractivity contribution is 6.01. The van der Waals surface area contributed by atoms with Crippen LogP contribution in [-0.2, 0) is 5.41 Å². The lowest BCUT2D eigenvalue weighted by Gasteiger charge is -2.32. The first-order chi connectivity index (χ1) is 37.2. The fourth-order valence-corrected chi connectivity index (χ4v) is 12.1. The quantitative estimate of drug-likeness (QED) is 0.135. The molecule has 0 aromatic heterocycles. The summed E-state index contributed by atoms with van der Waals surface area (Å²) >= 11 is 0. The molecule has 0 saturated carbocycles. The summed E-state index contributed by atoms with van der Waals surface area (Å²) in [5, 5.41) is 0. The number of hydrogen-bond donors (Lipinski definition) is 0. The van der Waals surface area contributed by atoms with Gasteiger partial charge in [0.25, 0.3) is 0 Å². The van der Waals surface area contributed by atoms with Gasteiger partial charge in [0.2, 0.25) is 0 Å². The molecule has 0 saturated heterocycles. The van der Waals surface area contributed by atoms with E-state index in [0.29, 0.717) is 0 Å². The molecule has 0 heterocycles. The summed E-state index contributed by atoms with van der Waals surface area (Å²) in [5.41, 5.74) is 25.9. The molecule has 0 bridgehead atoms. The van der Waals surface area contributed by atoms with E-state index in [9.17, 15) is 0 Å². The fourth-order valence-electron chi connectivity index (χ4n) is 12.1. The third-order valence-electron chi connectivity index (χ3n) is 15.5. The van der Waals surface area contributed by atoms with Crippen molar-refractivity contribution in [1.29, 1.82) is 0 Å². The Morgan fingerprint density at radius 1 is 0.200 bits per heavy atom.